The van der Waals surface area contributed by atoms with Crippen LogP contribution in [0.5, 0.6) is 0 Å². The summed E-state index contributed by atoms with van der Waals surface area (Å²) in [4.78, 5) is 12.9. The van der Waals surface area contributed by atoms with Gasteiger partial charge in [0.15, 0.2) is 0 Å². The van der Waals surface area contributed by atoms with Crippen LogP contribution < -0.4 is 0 Å². The SMILES string of the molecule is CC1CC2(C(=O)O)CCC(C)C(C)(O)C2C2=CCC3C(C)(CCC4C(C)(CO)C(O)CCC43C)C21. The van der Waals surface area contributed by atoms with E-state index in [1.165, 1.54) is 5.57 Å². The Morgan fingerprint density at radius 2 is 1.66 bits per heavy atom. The highest BCUT2D eigenvalue weighted by molar-refractivity contribution is 5.77. The zero-order valence-electron chi connectivity index (χ0n) is 22.7. The molecule has 12 unspecified atom stereocenters. The van der Waals surface area contributed by atoms with Crippen LogP contribution >= 0.6 is 0 Å². The molecule has 0 aromatic rings. The summed E-state index contributed by atoms with van der Waals surface area (Å²) in [6, 6.07) is 0. The number of carbonyl (C=O) groups is 1. The number of fused-ring (bicyclic) bond motifs is 7. The average Bonchev–Trinajstić information content (AvgIpc) is 2.78. The van der Waals surface area contributed by atoms with E-state index in [2.05, 4.69) is 40.7 Å². The van der Waals surface area contributed by atoms with E-state index < -0.39 is 28.5 Å². The molecule has 5 rings (SSSR count). The Kier molecular flexibility index (Phi) is 5.73. The van der Waals surface area contributed by atoms with Gasteiger partial charge >= 0.3 is 5.97 Å². The van der Waals surface area contributed by atoms with Gasteiger partial charge in [0.25, 0.3) is 0 Å². The van der Waals surface area contributed by atoms with Crippen molar-refractivity contribution >= 4 is 5.97 Å². The van der Waals surface area contributed by atoms with Gasteiger partial charge in [0.1, 0.15) is 0 Å². The van der Waals surface area contributed by atoms with Gasteiger partial charge in [-0.15, -0.1) is 0 Å². The second kappa shape index (κ2) is 7.80. The molecular formula is C30H48O5. The maximum Gasteiger partial charge on any atom is 0.310 e. The Hall–Kier alpha value is -0.910. The summed E-state index contributed by atoms with van der Waals surface area (Å²) < 4.78 is 0. The molecule has 0 spiro atoms. The minimum Gasteiger partial charge on any atom is -0.481 e. The van der Waals surface area contributed by atoms with E-state index in [0.717, 1.165) is 38.5 Å². The Bertz CT molecular complexity index is 926. The topological polar surface area (TPSA) is 98.0 Å². The molecule has 4 saturated carbocycles. The van der Waals surface area contributed by atoms with Crippen molar-refractivity contribution in [1.82, 2.24) is 0 Å². The van der Waals surface area contributed by atoms with Crippen LogP contribution in [0.4, 0.5) is 0 Å². The van der Waals surface area contributed by atoms with Crippen molar-refractivity contribution in [2.24, 2.45) is 57.2 Å². The van der Waals surface area contributed by atoms with E-state index in [0.29, 0.717) is 18.8 Å². The van der Waals surface area contributed by atoms with Gasteiger partial charge in [-0.1, -0.05) is 46.3 Å². The van der Waals surface area contributed by atoms with Gasteiger partial charge < -0.3 is 20.4 Å². The number of carboxylic acids is 1. The summed E-state index contributed by atoms with van der Waals surface area (Å²) in [5.41, 5.74) is -1.12. The highest BCUT2D eigenvalue weighted by Crippen LogP contribution is 2.73. The molecule has 0 heterocycles. The molecule has 5 heteroatoms. The Morgan fingerprint density at radius 1 is 1.00 bits per heavy atom. The monoisotopic (exact) mass is 488 g/mol. The number of aliphatic carboxylic acids is 1. The highest BCUT2D eigenvalue weighted by atomic mass is 16.4. The first kappa shape index (κ1) is 25.7. The minimum atomic E-state index is -1.03. The van der Waals surface area contributed by atoms with Crippen molar-refractivity contribution in [3.05, 3.63) is 11.6 Å². The minimum absolute atomic E-state index is 0.0166. The fraction of sp³-hybridized carbons (Fsp3) is 0.900. The van der Waals surface area contributed by atoms with E-state index in [1.807, 2.05) is 6.92 Å². The molecular weight excluding hydrogens is 440 g/mol. The molecule has 4 fully saturated rings. The summed E-state index contributed by atoms with van der Waals surface area (Å²) in [6.07, 6.45) is 8.52. The van der Waals surface area contributed by atoms with Crippen LogP contribution in [-0.4, -0.2) is 44.7 Å². The van der Waals surface area contributed by atoms with Gasteiger partial charge in [-0.05, 0) is 98.7 Å². The average molecular weight is 489 g/mol. The molecule has 5 aliphatic carbocycles. The van der Waals surface area contributed by atoms with Crippen molar-refractivity contribution in [2.75, 3.05) is 6.61 Å². The van der Waals surface area contributed by atoms with Crippen LogP contribution in [0.2, 0.25) is 0 Å². The first-order valence-corrected chi connectivity index (χ1v) is 14.1. The van der Waals surface area contributed by atoms with Crippen molar-refractivity contribution < 1.29 is 25.2 Å². The standard InChI is InChI=1S/C30H48O5/c1-17-15-30(25(33)34)14-9-18(2)29(6,35)24(30)19-7-8-20-26(3)13-11-22(32)28(5,16-31)21(26)10-12-27(20,4)23(17)19/h7,17-18,20-24,31-32,35H,8-16H2,1-6H3,(H,33,34). The second-order valence-corrected chi connectivity index (χ2v) is 14.5. The van der Waals surface area contributed by atoms with Crippen LogP contribution in [0.25, 0.3) is 0 Å². The first-order chi connectivity index (χ1) is 16.2. The Labute approximate surface area is 211 Å². The predicted molar refractivity (Wildman–Crippen MR) is 135 cm³/mol. The largest absolute Gasteiger partial charge is 0.481 e. The number of allylic oxidation sites excluding steroid dienone is 1. The fourth-order valence-corrected chi connectivity index (χ4v) is 11.2. The van der Waals surface area contributed by atoms with Crippen LogP contribution in [0.15, 0.2) is 11.6 Å². The number of rotatable bonds is 2. The maximum absolute atomic E-state index is 12.9. The first-order valence-electron chi connectivity index (χ1n) is 14.1. The van der Waals surface area contributed by atoms with E-state index in [1.54, 1.807) is 0 Å². The van der Waals surface area contributed by atoms with Gasteiger partial charge in [0.05, 0.1) is 23.7 Å². The second-order valence-electron chi connectivity index (χ2n) is 14.5. The molecule has 0 aromatic heterocycles. The van der Waals surface area contributed by atoms with E-state index in [-0.39, 0.29) is 47.0 Å². The zero-order chi connectivity index (χ0) is 25.8. The number of carboxylic acid groups (broad SMARTS) is 1. The van der Waals surface area contributed by atoms with Gasteiger partial charge in [0, 0.05) is 11.3 Å². The lowest BCUT2D eigenvalue weighted by molar-refractivity contribution is -0.215. The van der Waals surface area contributed by atoms with Crippen molar-refractivity contribution in [1.29, 1.82) is 0 Å². The van der Waals surface area contributed by atoms with E-state index in [4.69, 9.17) is 0 Å². The smallest absolute Gasteiger partial charge is 0.310 e. The van der Waals surface area contributed by atoms with Gasteiger partial charge in [-0.25, -0.2) is 0 Å². The Morgan fingerprint density at radius 3 is 2.29 bits per heavy atom. The summed E-state index contributed by atoms with van der Waals surface area (Å²) in [5, 5.41) is 43.7. The Balaban J connectivity index is 1.62. The molecule has 0 bridgehead atoms. The van der Waals surface area contributed by atoms with Gasteiger partial charge in [-0.2, -0.15) is 0 Å². The predicted octanol–water partition coefficient (Wildman–Crippen LogP) is 5.03. The third-order valence-corrected chi connectivity index (χ3v) is 13.0. The quantitative estimate of drug-likeness (QED) is 0.409. The molecule has 0 aliphatic heterocycles. The lowest BCUT2D eigenvalue weighted by Gasteiger charge is -2.69. The number of aliphatic hydroxyl groups excluding tert-OH is 2. The third kappa shape index (κ3) is 3.07. The molecule has 5 nitrogen and oxygen atoms in total. The molecule has 35 heavy (non-hydrogen) atoms. The van der Waals surface area contributed by atoms with Gasteiger partial charge in [0.2, 0.25) is 0 Å². The van der Waals surface area contributed by atoms with E-state index in [9.17, 15) is 25.2 Å². The van der Waals surface area contributed by atoms with Crippen molar-refractivity contribution in [3.63, 3.8) is 0 Å². The molecule has 198 valence electrons. The molecule has 0 aromatic carbocycles. The highest BCUT2D eigenvalue weighted by Gasteiger charge is 2.69. The van der Waals surface area contributed by atoms with Crippen molar-refractivity contribution in [3.8, 4) is 0 Å². The van der Waals surface area contributed by atoms with Crippen molar-refractivity contribution in [2.45, 2.75) is 105 Å². The van der Waals surface area contributed by atoms with E-state index >= 15 is 0 Å². The van der Waals surface area contributed by atoms with Crippen LogP contribution in [0.3, 0.4) is 0 Å². The maximum atomic E-state index is 12.9. The zero-order valence-corrected chi connectivity index (χ0v) is 22.7. The summed E-state index contributed by atoms with van der Waals surface area (Å²) >= 11 is 0. The fourth-order valence-electron chi connectivity index (χ4n) is 11.2. The molecule has 5 aliphatic rings. The molecule has 0 amide bonds. The summed E-state index contributed by atoms with van der Waals surface area (Å²) in [6.45, 7) is 13.2. The van der Waals surface area contributed by atoms with Crippen LogP contribution in [0, 0.1) is 57.2 Å². The lowest BCUT2D eigenvalue weighted by atomic mass is 9.35. The molecule has 0 radical (unpaired) electrons. The molecule has 0 saturated heterocycles. The number of aliphatic hydroxyl groups is 3. The number of hydrogen-bond acceptors (Lipinski definition) is 4. The summed E-state index contributed by atoms with van der Waals surface area (Å²) in [5.74, 6) is 0.196. The van der Waals surface area contributed by atoms with Crippen LogP contribution in [0.1, 0.15) is 92.9 Å². The summed E-state index contributed by atoms with van der Waals surface area (Å²) in [7, 11) is 0. The molecule has 12 atom stereocenters. The van der Waals surface area contributed by atoms with Crippen LogP contribution in [-0.2, 0) is 4.79 Å². The lowest BCUT2D eigenvalue weighted by Crippen LogP contribution is -2.66. The van der Waals surface area contributed by atoms with Gasteiger partial charge in [-0.3, -0.25) is 4.79 Å². The normalized spacial score (nSPS) is 57.7. The molecule has 4 N–H and O–H groups in total. The third-order valence-electron chi connectivity index (χ3n) is 13.0. The number of hydrogen-bond donors (Lipinski definition) is 4.